The molecule has 120 valence electrons. The summed E-state index contributed by atoms with van der Waals surface area (Å²) in [5.41, 5.74) is 1.05. The van der Waals surface area contributed by atoms with E-state index < -0.39 is 20.8 Å². The summed E-state index contributed by atoms with van der Waals surface area (Å²) in [7, 11) is -4.37. The standard InChI is InChI=1S/C14H24N2O3S2/c1-12(2)15-11-13-5-7-14(8-6-13)21(18,19)16-9-4-10-20(3)17/h5-8,12,15-16H,4,9-11H2,1-3H3. The van der Waals surface area contributed by atoms with E-state index in [0.717, 1.165) is 5.56 Å². The van der Waals surface area contributed by atoms with Crippen molar-refractivity contribution in [2.75, 3.05) is 18.6 Å². The zero-order valence-corrected chi connectivity index (χ0v) is 14.4. The van der Waals surface area contributed by atoms with Crippen LogP contribution in [-0.4, -0.2) is 37.2 Å². The van der Waals surface area contributed by atoms with E-state index in [4.69, 9.17) is 0 Å². The van der Waals surface area contributed by atoms with Crippen molar-refractivity contribution in [1.29, 1.82) is 0 Å². The lowest BCUT2D eigenvalue weighted by atomic mass is 10.2. The van der Waals surface area contributed by atoms with Gasteiger partial charge in [-0.1, -0.05) is 26.0 Å². The first-order valence-electron chi connectivity index (χ1n) is 6.93. The molecule has 0 saturated carbocycles. The summed E-state index contributed by atoms with van der Waals surface area (Å²) < 4.78 is 37.5. The van der Waals surface area contributed by atoms with Crippen molar-refractivity contribution < 1.29 is 12.6 Å². The van der Waals surface area contributed by atoms with Crippen LogP contribution in [0.1, 0.15) is 25.8 Å². The molecular formula is C14H24N2O3S2. The Hall–Kier alpha value is -0.760. The molecule has 1 rings (SSSR count). The van der Waals surface area contributed by atoms with Gasteiger partial charge in [0.05, 0.1) is 4.90 Å². The smallest absolute Gasteiger partial charge is 0.240 e. The van der Waals surface area contributed by atoms with Crippen molar-refractivity contribution in [3.63, 3.8) is 0 Å². The van der Waals surface area contributed by atoms with Crippen LogP contribution in [0.5, 0.6) is 0 Å². The number of rotatable bonds is 9. The lowest BCUT2D eigenvalue weighted by Gasteiger charge is -2.09. The van der Waals surface area contributed by atoms with Crippen LogP contribution in [0.4, 0.5) is 0 Å². The van der Waals surface area contributed by atoms with Crippen molar-refractivity contribution in [1.82, 2.24) is 10.0 Å². The van der Waals surface area contributed by atoms with Gasteiger partial charge in [-0.2, -0.15) is 0 Å². The van der Waals surface area contributed by atoms with Gasteiger partial charge in [-0.25, -0.2) is 13.1 Å². The maximum absolute atomic E-state index is 12.1. The predicted molar refractivity (Wildman–Crippen MR) is 87.2 cm³/mol. The van der Waals surface area contributed by atoms with Crippen LogP contribution in [0.2, 0.25) is 0 Å². The molecular weight excluding hydrogens is 308 g/mol. The third-order valence-electron chi connectivity index (χ3n) is 2.85. The number of benzene rings is 1. The Labute approximate surface area is 130 Å². The Bertz CT molecular complexity index is 554. The van der Waals surface area contributed by atoms with Gasteiger partial charge in [-0.05, 0) is 24.1 Å². The highest BCUT2D eigenvalue weighted by Crippen LogP contribution is 2.10. The van der Waals surface area contributed by atoms with E-state index in [9.17, 15) is 12.6 Å². The molecule has 0 heterocycles. The molecule has 0 aliphatic rings. The van der Waals surface area contributed by atoms with Crippen LogP contribution >= 0.6 is 0 Å². The fraction of sp³-hybridized carbons (Fsp3) is 0.571. The van der Waals surface area contributed by atoms with Gasteiger partial charge < -0.3 is 5.32 Å². The summed E-state index contributed by atoms with van der Waals surface area (Å²) in [5.74, 6) is 0.502. The third-order valence-corrected chi connectivity index (χ3v) is 5.19. The molecule has 21 heavy (non-hydrogen) atoms. The minimum atomic E-state index is -3.48. The van der Waals surface area contributed by atoms with E-state index in [0.29, 0.717) is 31.3 Å². The normalized spacial score (nSPS) is 13.5. The second-order valence-electron chi connectivity index (χ2n) is 5.21. The van der Waals surface area contributed by atoms with E-state index in [2.05, 4.69) is 23.9 Å². The molecule has 2 N–H and O–H groups in total. The quantitative estimate of drug-likeness (QED) is 0.667. The summed E-state index contributed by atoms with van der Waals surface area (Å²) in [4.78, 5) is 0.258. The zero-order chi connectivity index (χ0) is 15.9. The molecule has 0 saturated heterocycles. The highest BCUT2D eigenvalue weighted by atomic mass is 32.2. The van der Waals surface area contributed by atoms with Gasteiger partial charge in [0.1, 0.15) is 0 Å². The largest absolute Gasteiger partial charge is 0.310 e. The molecule has 1 unspecified atom stereocenters. The molecule has 0 aliphatic heterocycles. The molecule has 0 fully saturated rings. The molecule has 5 nitrogen and oxygen atoms in total. The Morgan fingerprint density at radius 2 is 1.81 bits per heavy atom. The summed E-state index contributed by atoms with van der Waals surface area (Å²) in [6.45, 7) is 5.14. The Morgan fingerprint density at radius 1 is 1.19 bits per heavy atom. The van der Waals surface area contributed by atoms with Crippen molar-refractivity contribution in [2.24, 2.45) is 0 Å². The van der Waals surface area contributed by atoms with Gasteiger partial charge >= 0.3 is 0 Å². The zero-order valence-electron chi connectivity index (χ0n) is 12.8. The Morgan fingerprint density at radius 3 is 2.33 bits per heavy atom. The van der Waals surface area contributed by atoms with E-state index in [1.165, 1.54) is 0 Å². The molecule has 0 spiro atoms. The molecule has 7 heteroatoms. The maximum Gasteiger partial charge on any atom is 0.240 e. The van der Waals surface area contributed by atoms with Gasteiger partial charge in [0, 0.05) is 41.9 Å². The topological polar surface area (TPSA) is 75.3 Å². The summed E-state index contributed by atoms with van der Waals surface area (Å²) >= 11 is 0. The molecule has 1 atom stereocenters. The van der Waals surface area contributed by atoms with Crippen molar-refractivity contribution in [3.05, 3.63) is 29.8 Å². The second kappa shape index (κ2) is 8.63. The van der Waals surface area contributed by atoms with Crippen LogP contribution < -0.4 is 10.0 Å². The molecule has 0 amide bonds. The first-order valence-corrected chi connectivity index (χ1v) is 10.1. The lowest BCUT2D eigenvalue weighted by molar-refractivity contribution is 0.579. The van der Waals surface area contributed by atoms with Crippen molar-refractivity contribution in [3.8, 4) is 0 Å². The second-order valence-corrected chi connectivity index (χ2v) is 8.53. The molecule has 0 bridgehead atoms. The van der Waals surface area contributed by atoms with Crippen LogP contribution in [0.15, 0.2) is 29.2 Å². The Kier molecular flexibility index (Phi) is 7.51. The minimum Gasteiger partial charge on any atom is -0.310 e. The van der Waals surface area contributed by atoms with Gasteiger partial charge in [0.15, 0.2) is 0 Å². The van der Waals surface area contributed by atoms with Crippen LogP contribution in [0.3, 0.4) is 0 Å². The number of hydrogen-bond acceptors (Lipinski definition) is 4. The van der Waals surface area contributed by atoms with Gasteiger partial charge in [-0.15, -0.1) is 0 Å². The van der Waals surface area contributed by atoms with E-state index in [1.807, 2.05) is 12.1 Å². The van der Waals surface area contributed by atoms with Crippen LogP contribution in [0, 0.1) is 0 Å². The van der Waals surface area contributed by atoms with E-state index in [1.54, 1.807) is 18.4 Å². The summed E-state index contributed by atoms with van der Waals surface area (Å²) in [6.07, 6.45) is 2.18. The minimum absolute atomic E-state index is 0.258. The third kappa shape index (κ3) is 7.17. The van der Waals surface area contributed by atoms with Crippen molar-refractivity contribution >= 4 is 20.8 Å². The molecule has 1 aromatic rings. The highest BCUT2D eigenvalue weighted by molar-refractivity contribution is 7.89. The van der Waals surface area contributed by atoms with Crippen molar-refractivity contribution in [2.45, 2.75) is 37.8 Å². The fourth-order valence-corrected chi connectivity index (χ4v) is 3.30. The number of sulfonamides is 1. The molecule has 0 radical (unpaired) electrons. The summed E-state index contributed by atoms with van der Waals surface area (Å²) in [5, 5.41) is 3.28. The molecule has 1 aromatic carbocycles. The monoisotopic (exact) mass is 332 g/mol. The van der Waals surface area contributed by atoms with Crippen LogP contribution in [-0.2, 0) is 27.4 Å². The number of hydrogen-bond donors (Lipinski definition) is 2. The highest BCUT2D eigenvalue weighted by Gasteiger charge is 2.12. The molecule has 0 aliphatic carbocycles. The maximum atomic E-state index is 12.1. The first kappa shape index (κ1) is 18.3. The Balaban J connectivity index is 2.56. The lowest BCUT2D eigenvalue weighted by Crippen LogP contribution is -2.26. The SMILES string of the molecule is CC(C)NCc1ccc(S(=O)(=O)NCCCS(C)=O)cc1. The predicted octanol–water partition coefficient (Wildman–Crippen LogP) is 1.23. The molecule has 0 aromatic heterocycles. The first-order chi connectivity index (χ1) is 9.81. The van der Waals surface area contributed by atoms with Gasteiger partial charge in [0.25, 0.3) is 0 Å². The van der Waals surface area contributed by atoms with E-state index >= 15 is 0 Å². The fourth-order valence-electron chi connectivity index (χ4n) is 1.67. The number of nitrogens with one attached hydrogen (secondary N) is 2. The summed E-state index contributed by atoms with van der Waals surface area (Å²) in [6, 6.07) is 7.23. The van der Waals surface area contributed by atoms with Gasteiger partial charge in [0.2, 0.25) is 10.0 Å². The van der Waals surface area contributed by atoms with Crippen LogP contribution in [0.25, 0.3) is 0 Å². The van der Waals surface area contributed by atoms with Gasteiger partial charge in [-0.3, -0.25) is 4.21 Å². The van der Waals surface area contributed by atoms with E-state index in [-0.39, 0.29) is 4.90 Å². The average molecular weight is 332 g/mol. The average Bonchev–Trinajstić information content (AvgIpc) is 2.41.